The second-order valence-electron chi connectivity index (χ2n) is 5.91. The predicted molar refractivity (Wildman–Crippen MR) is 83.1 cm³/mol. The zero-order valence-corrected chi connectivity index (χ0v) is 14.0. The highest BCUT2D eigenvalue weighted by Crippen LogP contribution is 2.31. The normalized spacial score (nSPS) is 15.3. The molecule has 1 fully saturated rings. The maximum atomic E-state index is 12.7. The minimum atomic E-state index is -3.83. The first-order valence-electron chi connectivity index (χ1n) is 7.06. The summed E-state index contributed by atoms with van der Waals surface area (Å²) >= 11 is 0. The Morgan fingerprint density at radius 1 is 1.38 bits per heavy atom. The van der Waals surface area contributed by atoms with Crippen LogP contribution in [0.25, 0.3) is 0 Å². The molecule has 1 aromatic carbocycles. The van der Waals surface area contributed by atoms with E-state index in [-0.39, 0.29) is 16.8 Å². The molecule has 1 aliphatic rings. The molecule has 21 heavy (non-hydrogen) atoms. The Morgan fingerprint density at radius 2 is 2.00 bits per heavy atom. The fourth-order valence-corrected chi connectivity index (χ4v) is 3.02. The quantitative estimate of drug-likeness (QED) is 0.780. The Labute approximate surface area is 130 Å². The third-order valence-corrected chi connectivity index (χ3v) is 5.11. The molecule has 0 spiro atoms. The van der Waals surface area contributed by atoms with Gasteiger partial charge in [-0.3, -0.25) is 4.79 Å². The van der Waals surface area contributed by atoms with Crippen LogP contribution in [-0.2, 0) is 9.05 Å². The fourth-order valence-electron chi connectivity index (χ4n) is 2.24. The van der Waals surface area contributed by atoms with E-state index in [0.717, 1.165) is 24.9 Å². The highest BCUT2D eigenvalue weighted by atomic mass is 35.7. The van der Waals surface area contributed by atoms with Gasteiger partial charge in [-0.25, -0.2) is 8.42 Å². The Balaban J connectivity index is 2.36. The third-order valence-electron chi connectivity index (χ3n) is 3.76. The van der Waals surface area contributed by atoms with Gasteiger partial charge in [-0.2, -0.15) is 0 Å². The molecule has 0 aliphatic heterocycles. The number of rotatable bonds is 5. The van der Waals surface area contributed by atoms with Crippen LogP contribution in [0, 0.1) is 12.8 Å². The smallest absolute Gasteiger partial charge is 0.261 e. The van der Waals surface area contributed by atoms with Gasteiger partial charge in [0.2, 0.25) is 0 Å². The van der Waals surface area contributed by atoms with E-state index in [2.05, 4.69) is 0 Å². The summed E-state index contributed by atoms with van der Waals surface area (Å²) in [6.45, 7) is 6.47. The van der Waals surface area contributed by atoms with Gasteiger partial charge in [0.1, 0.15) is 0 Å². The summed E-state index contributed by atoms with van der Waals surface area (Å²) in [6, 6.07) is 4.50. The number of aryl methyl sites for hydroxylation is 1. The number of hydrogen-bond donors (Lipinski definition) is 0. The van der Waals surface area contributed by atoms with Crippen LogP contribution < -0.4 is 0 Å². The van der Waals surface area contributed by atoms with E-state index in [9.17, 15) is 13.2 Å². The largest absolute Gasteiger partial charge is 0.336 e. The molecule has 0 N–H and O–H groups in total. The van der Waals surface area contributed by atoms with Crippen LogP contribution in [0.2, 0.25) is 0 Å². The van der Waals surface area contributed by atoms with Crippen molar-refractivity contribution in [2.24, 2.45) is 5.92 Å². The zero-order valence-electron chi connectivity index (χ0n) is 12.5. The Kier molecular flexibility index (Phi) is 4.63. The van der Waals surface area contributed by atoms with Gasteiger partial charge in [0, 0.05) is 28.8 Å². The standard InChI is InChI=1S/C15H20ClNO3S/c1-10(2)17(9-12-5-6-12)15(18)14-8-13(21(16,19)20)7-4-11(14)3/h4,7-8,10,12H,5-6,9H2,1-3H3. The number of benzene rings is 1. The van der Waals surface area contributed by atoms with Crippen LogP contribution in [-0.4, -0.2) is 31.8 Å². The Bertz CT molecular complexity index is 651. The summed E-state index contributed by atoms with van der Waals surface area (Å²) in [7, 11) is 1.54. The lowest BCUT2D eigenvalue weighted by Gasteiger charge is -2.27. The first-order chi connectivity index (χ1) is 9.70. The molecule has 1 aromatic rings. The maximum Gasteiger partial charge on any atom is 0.261 e. The molecular weight excluding hydrogens is 310 g/mol. The lowest BCUT2D eigenvalue weighted by molar-refractivity contribution is 0.0695. The number of carbonyl (C=O) groups is 1. The molecule has 1 aliphatic carbocycles. The second-order valence-corrected chi connectivity index (χ2v) is 8.48. The maximum absolute atomic E-state index is 12.7. The summed E-state index contributed by atoms with van der Waals surface area (Å²) in [6.07, 6.45) is 2.32. The van der Waals surface area contributed by atoms with E-state index in [4.69, 9.17) is 10.7 Å². The van der Waals surface area contributed by atoms with Crippen molar-refractivity contribution in [1.82, 2.24) is 4.90 Å². The molecule has 6 heteroatoms. The highest BCUT2D eigenvalue weighted by molar-refractivity contribution is 8.13. The second kappa shape index (κ2) is 5.97. The van der Waals surface area contributed by atoms with Crippen molar-refractivity contribution >= 4 is 25.6 Å². The number of amides is 1. The van der Waals surface area contributed by atoms with Crippen molar-refractivity contribution in [3.8, 4) is 0 Å². The molecule has 0 saturated heterocycles. The SMILES string of the molecule is Cc1ccc(S(=O)(=O)Cl)cc1C(=O)N(CC1CC1)C(C)C. The molecule has 2 rings (SSSR count). The van der Waals surface area contributed by atoms with Gasteiger partial charge in [-0.05, 0) is 57.2 Å². The van der Waals surface area contributed by atoms with E-state index in [0.29, 0.717) is 11.5 Å². The molecular formula is C15H20ClNO3S. The molecule has 4 nitrogen and oxygen atoms in total. The van der Waals surface area contributed by atoms with E-state index < -0.39 is 9.05 Å². The van der Waals surface area contributed by atoms with E-state index in [1.54, 1.807) is 13.0 Å². The summed E-state index contributed by atoms with van der Waals surface area (Å²) in [5, 5.41) is 0. The molecule has 116 valence electrons. The van der Waals surface area contributed by atoms with Crippen molar-refractivity contribution < 1.29 is 13.2 Å². The fraction of sp³-hybridized carbons (Fsp3) is 0.533. The first kappa shape index (κ1) is 16.3. The van der Waals surface area contributed by atoms with Gasteiger partial charge >= 0.3 is 0 Å². The van der Waals surface area contributed by atoms with Gasteiger partial charge in [0.25, 0.3) is 15.0 Å². The van der Waals surface area contributed by atoms with E-state index >= 15 is 0 Å². The summed E-state index contributed by atoms with van der Waals surface area (Å²) < 4.78 is 22.9. The lowest BCUT2D eigenvalue weighted by atomic mass is 10.1. The topological polar surface area (TPSA) is 54.5 Å². The highest BCUT2D eigenvalue weighted by Gasteiger charge is 2.29. The van der Waals surface area contributed by atoms with Crippen molar-refractivity contribution in [1.29, 1.82) is 0 Å². The van der Waals surface area contributed by atoms with Gasteiger partial charge < -0.3 is 4.90 Å². The first-order valence-corrected chi connectivity index (χ1v) is 9.37. The molecule has 1 amide bonds. The van der Waals surface area contributed by atoms with Crippen molar-refractivity contribution in [3.05, 3.63) is 29.3 Å². The Morgan fingerprint density at radius 3 is 2.48 bits per heavy atom. The van der Waals surface area contributed by atoms with Gasteiger partial charge in [0.15, 0.2) is 0 Å². The summed E-state index contributed by atoms with van der Waals surface area (Å²) in [5.41, 5.74) is 1.16. The average molecular weight is 330 g/mol. The number of carbonyl (C=O) groups excluding carboxylic acids is 1. The molecule has 0 aromatic heterocycles. The molecule has 0 heterocycles. The van der Waals surface area contributed by atoms with Crippen LogP contribution in [0.3, 0.4) is 0 Å². The monoisotopic (exact) mass is 329 g/mol. The number of hydrogen-bond acceptors (Lipinski definition) is 3. The van der Waals surface area contributed by atoms with Gasteiger partial charge in [-0.1, -0.05) is 6.07 Å². The van der Waals surface area contributed by atoms with E-state index in [1.807, 2.05) is 18.7 Å². The zero-order chi connectivity index (χ0) is 15.8. The Hall–Kier alpha value is -1.07. The number of halogens is 1. The lowest BCUT2D eigenvalue weighted by Crippen LogP contribution is -2.38. The van der Waals surface area contributed by atoms with Crippen LogP contribution in [0.4, 0.5) is 0 Å². The van der Waals surface area contributed by atoms with Crippen LogP contribution in [0.1, 0.15) is 42.6 Å². The van der Waals surface area contributed by atoms with Gasteiger partial charge in [-0.15, -0.1) is 0 Å². The van der Waals surface area contributed by atoms with Crippen molar-refractivity contribution in [2.75, 3.05) is 6.54 Å². The molecule has 0 radical (unpaired) electrons. The minimum Gasteiger partial charge on any atom is -0.336 e. The van der Waals surface area contributed by atoms with E-state index in [1.165, 1.54) is 12.1 Å². The van der Waals surface area contributed by atoms with Crippen LogP contribution >= 0.6 is 10.7 Å². The van der Waals surface area contributed by atoms with Crippen molar-refractivity contribution in [2.45, 2.75) is 44.6 Å². The van der Waals surface area contributed by atoms with Crippen molar-refractivity contribution in [3.63, 3.8) is 0 Å². The predicted octanol–water partition coefficient (Wildman–Crippen LogP) is 3.18. The summed E-state index contributed by atoms with van der Waals surface area (Å²) in [5.74, 6) is 0.452. The average Bonchev–Trinajstić information content (AvgIpc) is 3.18. The number of nitrogens with zero attached hydrogens (tertiary/aromatic N) is 1. The molecule has 1 saturated carbocycles. The summed E-state index contributed by atoms with van der Waals surface area (Å²) in [4.78, 5) is 14.5. The molecule has 0 bridgehead atoms. The minimum absolute atomic E-state index is 0.0340. The molecule has 0 unspecified atom stereocenters. The van der Waals surface area contributed by atoms with Crippen LogP contribution in [0.15, 0.2) is 23.1 Å². The van der Waals surface area contributed by atoms with Gasteiger partial charge in [0.05, 0.1) is 4.90 Å². The van der Waals surface area contributed by atoms with Crippen LogP contribution in [0.5, 0.6) is 0 Å². The molecule has 0 atom stereocenters. The third kappa shape index (κ3) is 3.98.